The van der Waals surface area contributed by atoms with Crippen molar-refractivity contribution in [2.24, 2.45) is 0 Å². The molecular weight excluding hydrogens is 208 g/mol. The van der Waals surface area contributed by atoms with Crippen molar-refractivity contribution in [2.75, 3.05) is 11.5 Å². The fraction of sp³-hybridized carbons (Fsp3) is 0.333. The summed E-state index contributed by atoms with van der Waals surface area (Å²) in [7, 11) is 0. The summed E-state index contributed by atoms with van der Waals surface area (Å²) in [4.78, 5) is 0. The molecule has 4 N–H and O–H groups in total. The Morgan fingerprint density at radius 3 is 1.82 bits per heavy atom. The third-order valence-electron chi connectivity index (χ3n) is 2.33. The van der Waals surface area contributed by atoms with Crippen LogP contribution in [-0.4, -0.2) is 0 Å². The molecule has 0 saturated carbocycles. The summed E-state index contributed by atoms with van der Waals surface area (Å²) in [5.41, 5.74) is 14.1. The second-order valence-corrected chi connectivity index (χ2v) is 3.24. The first-order valence-electron chi connectivity index (χ1n) is 6.23. The average Bonchev–Trinajstić information content (AvgIpc) is 2.41. The van der Waals surface area contributed by atoms with Gasteiger partial charge in [0, 0.05) is 5.39 Å². The Labute approximate surface area is 105 Å². The van der Waals surface area contributed by atoms with Crippen LogP contribution in [0.1, 0.15) is 33.3 Å². The first-order valence-corrected chi connectivity index (χ1v) is 6.23. The van der Waals surface area contributed by atoms with E-state index in [1.807, 2.05) is 58.9 Å². The summed E-state index contributed by atoms with van der Waals surface area (Å²) in [6.07, 6.45) is 0. The van der Waals surface area contributed by atoms with Crippen molar-refractivity contribution >= 4 is 22.1 Å². The number of nitrogens with two attached hydrogens (primary N) is 2. The number of anilines is 2. The van der Waals surface area contributed by atoms with Gasteiger partial charge in [-0.1, -0.05) is 52.0 Å². The Hall–Kier alpha value is -1.70. The van der Waals surface area contributed by atoms with Crippen LogP contribution in [0, 0.1) is 6.92 Å². The summed E-state index contributed by atoms with van der Waals surface area (Å²) < 4.78 is 0. The van der Waals surface area contributed by atoms with E-state index >= 15 is 0 Å². The maximum Gasteiger partial charge on any atom is 0.0627 e. The van der Waals surface area contributed by atoms with Crippen LogP contribution < -0.4 is 11.5 Å². The van der Waals surface area contributed by atoms with Crippen LogP contribution in [0.5, 0.6) is 0 Å². The minimum Gasteiger partial charge on any atom is -0.397 e. The fourth-order valence-electron chi connectivity index (χ4n) is 1.61. The van der Waals surface area contributed by atoms with E-state index in [-0.39, 0.29) is 0 Å². The number of rotatable bonds is 0. The molecule has 94 valence electrons. The van der Waals surface area contributed by atoms with Gasteiger partial charge in [-0.3, -0.25) is 0 Å². The largest absolute Gasteiger partial charge is 0.397 e. The highest BCUT2D eigenvalue weighted by molar-refractivity contribution is 6.00. The van der Waals surface area contributed by atoms with Crippen molar-refractivity contribution in [1.82, 2.24) is 0 Å². The van der Waals surface area contributed by atoms with Crippen molar-refractivity contribution in [3.63, 3.8) is 0 Å². The molecule has 0 aromatic heterocycles. The zero-order chi connectivity index (χ0) is 13.4. The van der Waals surface area contributed by atoms with E-state index in [0.717, 1.165) is 5.39 Å². The third-order valence-corrected chi connectivity index (χ3v) is 2.33. The highest BCUT2D eigenvalue weighted by Gasteiger charge is 2.03. The lowest BCUT2D eigenvalue weighted by molar-refractivity contribution is 1.50. The van der Waals surface area contributed by atoms with Crippen LogP contribution in [0.4, 0.5) is 11.4 Å². The van der Waals surface area contributed by atoms with Crippen molar-refractivity contribution in [1.29, 1.82) is 0 Å². The average molecular weight is 232 g/mol. The van der Waals surface area contributed by atoms with Crippen LogP contribution >= 0.6 is 0 Å². The van der Waals surface area contributed by atoms with Crippen molar-refractivity contribution in [3.8, 4) is 0 Å². The fourth-order valence-corrected chi connectivity index (χ4v) is 1.61. The lowest BCUT2D eigenvalue weighted by atomic mass is 10.0. The van der Waals surface area contributed by atoms with E-state index in [4.69, 9.17) is 11.5 Å². The predicted molar refractivity (Wildman–Crippen MR) is 80.2 cm³/mol. The van der Waals surface area contributed by atoms with Gasteiger partial charge in [0.05, 0.1) is 11.4 Å². The zero-order valence-electron chi connectivity index (χ0n) is 11.5. The predicted octanol–water partition coefficient (Wildman–Crippen LogP) is 4.37. The van der Waals surface area contributed by atoms with E-state index in [2.05, 4.69) is 6.07 Å². The van der Waals surface area contributed by atoms with Crippen molar-refractivity contribution < 1.29 is 0 Å². The Morgan fingerprint density at radius 2 is 1.29 bits per heavy atom. The van der Waals surface area contributed by atoms with Gasteiger partial charge in [-0.15, -0.1) is 0 Å². The summed E-state index contributed by atoms with van der Waals surface area (Å²) in [5.74, 6) is 0. The maximum atomic E-state index is 5.86. The smallest absolute Gasteiger partial charge is 0.0627 e. The molecule has 2 aromatic carbocycles. The van der Waals surface area contributed by atoms with Gasteiger partial charge in [0.1, 0.15) is 0 Å². The molecule has 0 aliphatic heterocycles. The first-order chi connectivity index (χ1) is 8.20. The number of nitrogen functional groups attached to an aromatic ring is 2. The molecule has 0 spiro atoms. The van der Waals surface area contributed by atoms with Gasteiger partial charge in [0.2, 0.25) is 0 Å². The van der Waals surface area contributed by atoms with E-state index in [1.54, 1.807) is 0 Å². The second kappa shape index (κ2) is 7.55. The number of fused-ring (bicyclic) bond motifs is 1. The summed E-state index contributed by atoms with van der Waals surface area (Å²) in [6, 6.07) is 9.94. The Bertz CT molecular complexity index is 462. The van der Waals surface area contributed by atoms with Crippen LogP contribution in [0.3, 0.4) is 0 Å². The van der Waals surface area contributed by atoms with Gasteiger partial charge >= 0.3 is 0 Å². The molecule has 0 bridgehead atoms. The highest BCUT2D eigenvalue weighted by Crippen LogP contribution is 2.29. The lowest BCUT2D eigenvalue weighted by Crippen LogP contribution is -1.96. The van der Waals surface area contributed by atoms with Crippen LogP contribution in [-0.2, 0) is 0 Å². The van der Waals surface area contributed by atoms with E-state index in [1.165, 1.54) is 10.9 Å². The quantitative estimate of drug-likeness (QED) is 0.663. The van der Waals surface area contributed by atoms with Gasteiger partial charge < -0.3 is 11.5 Å². The zero-order valence-corrected chi connectivity index (χ0v) is 11.5. The van der Waals surface area contributed by atoms with Gasteiger partial charge in [0.25, 0.3) is 0 Å². The SMILES string of the molecule is CC.CC.Cc1cc(N)c(N)c2ccccc12. The molecule has 2 nitrogen and oxygen atoms in total. The Kier molecular flexibility index (Phi) is 6.80. The highest BCUT2D eigenvalue weighted by atomic mass is 14.7. The van der Waals surface area contributed by atoms with Gasteiger partial charge in [-0.25, -0.2) is 0 Å². The maximum absolute atomic E-state index is 5.86. The summed E-state index contributed by atoms with van der Waals surface area (Å²) in [5, 5.41) is 2.22. The number of hydrogen-bond acceptors (Lipinski definition) is 2. The first kappa shape index (κ1) is 15.3. The molecule has 0 fully saturated rings. The summed E-state index contributed by atoms with van der Waals surface area (Å²) in [6.45, 7) is 10.0. The molecule has 17 heavy (non-hydrogen) atoms. The van der Waals surface area contributed by atoms with E-state index in [0.29, 0.717) is 11.4 Å². The number of hydrogen-bond donors (Lipinski definition) is 2. The minimum atomic E-state index is 0.663. The molecule has 0 unspecified atom stereocenters. The topological polar surface area (TPSA) is 52.0 Å². The van der Waals surface area contributed by atoms with Crippen LogP contribution in [0.25, 0.3) is 10.8 Å². The minimum absolute atomic E-state index is 0.663. The van der Waals surface area contributed by atoms with Gasteiger partial charge in [0.15, 0.2) is 0 Å². The molecule has 0 atom stereocenters. The molecule has 0 aliphatic rings. The molecule has 0 radical (unpaired) electrons. The normalized spacial score (nSPS) is 8.76. The van der Waals surface area contributed by atoms with E-state index in [9.17, 15) is 0 Å². The third kappa shape index (κ3) is 3.38. The second-order valence-electron chi connectivity index (χ2n) is 3.24. The Balaban J connectivity index is 0.000000581. The van der Waals surface area contributed by atoms with Gasteiger partial charge in [-0.05, 0) is 23.9 Å². The van der Waals surface area contributed by atoms with Crippen molar-refractivity contribution in [2.45, 2.75) is 34.6 Å². The molecule has 0 saturated heterocycles. The number of aryl methyl sites for hydroxylation is 1. The monoisotopic (exact) mass is 232 g/mol. The van der Waals surface area contributed by atoms with Crippen LogP contribution in [0.15, 0.2) is 30.3 Å². The molecule has 2 rings (SSSR count). The molecule has 0 heterocycles. The standard InChI is InChI=1S/C11H12N2.2C2H6/c1-7-6-10(12)11(13)9-5-3-2-4-8(7)9;2*1-2/h2-6H,12-13H2,1H3;2*1-2H3. The Morgan fingerprint density at radius 1 is 0.824 bits per heavy atom. The summed E-state index contributed by atoms with van der Waals surface area (Å²) >= 11 is 0. The molecule has 0 amide bonds. The van der Waals surface area contributed by atoms with E-state index < -0.39 is 0 Å². The molecular formula is C15H24N2. The number of benzene rings is 2. The van der Waals surface area contributed by atoms with Crippen LogP contribution in [0.2, 0.25) is 0 Å². The lowest BCUT2D eigenvalue weighted by Gasteiger charge is -2.07. The van der Waals surface area contributed by atoms with Gasteiger partial charge in [-0.2, -0.15) is 0 Å². The molecule has 2 aromatic rings. The molecule has 0 aliphatic carbocycles. The van der Waals surface area contributed by atoms with Crippen molar-refractivity contribution in [3.05, 3.63) is 35.9 Å². The molecule has 2 heteroatoms.